The number of aryl methyl sites for hydroxylation is 1. The number of hydrogen-bond acceptors (Lipinski definition) is 6. The minimum atomic E-state index is -0.863. The number of carboxylic acid groups (broad SMARTS) is 1. The number of rotatable bonds is 5. The van der Waals surface area contributed by atoms with E-state index in [1.165, 1.54) is 0 Å². The van der Waals surface area contributed by atoms with Crippen LogP contribution in [0.3, 0.4) is 0 Å². The Balaban J connectivity index is 1.35. The van der Waals surface area contributed by atoms with Crippen molar-refractivity contribution in [1.82, 2.24) is 24.7 Å². The highest BCUT2D eigenvalue weighted by molar-refractivity contribution is 6.38. The average molecular weight is 466 g/mol. The van der Waals surface area contributed by atoms with Gasteiger partial charge in [-0.1, -0.05) is 17.7 Å². The van der Waals surface area contributed by atoms with Gasteiger partial charge in [-0.05, 0) is 31.7 Å². The number of halogens is 1. The molecule has 2 atom stereocenters. The number of benzene rings is 1. The summed E-state index contributed by atoms with van der Waals surface area (Å²) in [7, 11) is 0. The van der Waals surface area contributed by atoms with Crippen LogP contribution < -0.4 is 10.6 Å². The van der Waals surface area contributed by atoms with Crippen LogP contribution in [0, 0.1) is 0 Å². The topological polar surface area (TPSA) is 126 Å². The minimum Gasteiger partial charge on any atom is -0.481 e. The number of nitrogens with two attached hydrogens (primary N) is 1. The fourth-order valence-corrected chi connectivity index (χ4v) is 5.76. The van der Waals surface area contributed by atoms with Crippen LogP contribution in [0.25, 0.3) is 33.2 Å². The lowest BCUT2D eigenvalue weighted by atomic mass is 9.98. The summed E-state index contributed by atoms with van der Waals surface area (Å²) in [4.78, 5) is 26.2. The van der Waals surface area contributed by atoms with Crippen LogP contribution in [0.2, 0.25) is 5.02 Å². The second-order valence-corrected chi connectivity index (χ2v) is 9.43. The lowest BCUT2D eigenvalue weighted by Crippen LogP contribution is -2.47. The lowest BCUT2D eigenvalue weighted by Gasteiger charge is -2.38. The van der Waals surface area contributed by atoms with Gasteiger partial charge in [0.25, 0.3) is 0 Å². The zero-order valence-corrected chi connectivity index (χ0v) is 18.7. The Hall–Kier alpha value is -3.17. The van der Waals surface area contributed by atoms with Gasteiger partial charge in [0.1, 0.15) is 11.3 Å². The van der Waals surface area contributed by atoms with Crippen LogP contribution in [0.1, 0.15) is 32.1 Å². The van der Waals surface area contributed by atoms with Crippen molar-refractivity contribution in [3.05, 3.63) is 35.7 Å². The highest BCUT2D eigenvalue weighted by atomic mass is 35.5. The number of fused-ring (bicyclic) bond motifs is 4. The van der Waals surface area contributed by atoms with Crippen molar-refractivity contribution in [2.45, 2.75) is 56.8 Å². The maximum atomic E-state index is 10.9. The van der Waals surface area contributed by atoms with E-state index in [-0.39, 0.29) is 12.5 Å². The third kappa shape index (κ3) is 3.43. The summed E-state index contributed by atoms with van der Waals surface area (Å²) >= 11 is 6.77. The third-order valence-corrected chi connectivity index (χ3v) is 7.33. The van der Waals surface area contributed by atoms with E-state index in [0.29, 0.717) is 23.7 Å². The highest BCUT2D eigenvalue weighted by Gasteiger charge is 2.40. The number of aromatic nitrogens is 5. The molecule has 2 unspecified atom stereocenters. The molecule has 3 aromatic heterocycles. The molecule has 2 aliphatic rings. The van der Waals surface area contributed by atoms with Crippen molar-refractivity contribution in [3.63, 3.8) is 0 Å². The zero-order chi connectivity index (χ0) is 22.7. The summed E-state index contributed by atoms with van der Waals surface area (Å²) in [5.74, 6) is 0.0371. The number of piperidine rings is 1. The van der Waals surface area contributed by atoms with Gasteiger partial charge in [-0.25, -0.2) is 9.97 Å². The van der Waals surface area contributed by atoms with Gasteiger partial charge in [0.15, 0.2) is 5.65 Å². The molecular weight excluding hydrogens is 442 g/mol. The summed E-state index contributed by atoms with van der Waals surface area (Å²) in [6, 6.07) is 4.97. The van der Waals surface area contributed by atoms with Gasteiger partial charge in [0.05, 0.1) is 29.7 Å². The van der Waals surface area contributed by atoms with Crippen molar-refractivity contribution in [2.24, 2.45) is 5.73 Å². The number of anilines is 1. The molecule has 0 radical (unpaired) electrons. The fraction of sp³-hybridized carbons (Fsp3) is 0.391. The largest absolute Gasteiger partial charge is 0.481 e. The fourth-order valence-electron chi connectivity index (χ4n) is 5.45. The molecule has 0 saturated carbocycles. The van der Waals surface area contributed by atoms with Crippen LogP contribution in [-0.4, -0.2) is 53.9 Å². The van der Waals surface area contributed by atoms with Gasteiger partial charge < -0.3 is 20.7 Å². The molecule has 2 saturated heterocycles. The number of aromatic amines is 1. The van der Waals surface area contributed by atoms with Crippen LogP contribution in [-0.2, 0) is 11.3 Å². The number of H-pyrrole nitrogens is 1. The van der Waals surface area contributed by atoms with Crippen LogP contribution in [0.5, 0.6) is 0 Å². The number of nitrogens with one attached hydrogen (secondary N) is 1. The second kappa shape index (κ2) is 7.71. The Morgan fingerprint density at radius 3 is 2.79 bits per heavy atom. The standard InChI is InChI=1S/C23H24ClN7O2/c24-21-15(3-4-18-17(21)11-30(29-18)6-5-20(32)33)16-9-27-23-22(16)26-10-19(28-23)31-13-1-2-14(31)8-12(25)7-13/h3-4,9-14H,1-2,5-8,25H2,(H,27,28)(H,32,33). The number of aliphatic carboxylic acids is 1. The Morgan fingerprint density at radius 2 is 2.03 bits per heavy atom. The van der Waals surface area contributed by atoms with Crippen molar-refractivity contribution < 1.29 is 9.90 Å². The SMILES string of the molecule is NC1CC2CCC(C1)N2c1cnc2c(-c3ccc4nn(CCC(=O)O)cc4c3Cl)c[nH]c2n1. The molecule has 10 heteroatoms. The first-order chi connectivity index (χ1) is 16.0. The van der Waals surface area contributed by atoms with Gasteiger partial charge in [-0.3, -0.25) is 9.48 Å². The van der Waals surface area contributed by atoms with E-state index in [0.717, 1.165) is 64.7 Å². The molecular formula is C23H24ClN7O2. The number of carboxylic acids is 1. The molecule has 9 nitrogen and oxygen atoms in total. The first-order valence-corrected chi connectivity index (χ1v) is 11.6. The van der Waals surface area contributed by atoms with Crippen LogP contribution in [0.15, 0.2) is 30.7 Å². The Labute approximate surface area is 194 Å². The van der Waals surface area contributed by atoms with Crippen molar-refractivity contribution in [3.8, 4) is 11.1 Å². The van der Waals surface area contributed by atoms with Gasteiger partial charge >= 0.3 is 5.97 Å². The first kappa shape index (κ1) is 20.4. The summed E-state index contributed by atoms with van der Waals surface area (Å²) in [6.07, 6.45) is 9.86. The molecule has 6 rings (SSSR count). The molecule has 4 N–H and O–H groups in total. The summed E-state index contributed by atoms with van der Waals surface area (Å²) in [5.41, 5.74) is 10.1. The molecule has 5 heterocycles. The maximum absolute atomic E-state index is 10.9. The van der Waals surface area contributed by atoms with E-state index in [1.807, 2.05) is 24.5 Å². The van der Waals surface area contributed by atoms with Gasteiger partial charge in [-0.2, -0.15) is 5.10 Å². The predicted octanol–water partition coefficient (Wildman–Crippen LogP) is 3.56. The van der Waals surface area contributed by atoms with E-state index in [4.69, 9.17) is 32.4 Å². The molecule has 170 valence electrons. The van der Waals surface area contributed by atoms with Gasteiger partial charge in [0, 0.05) is 47.0 Å². The maximum Gasteiger partial charge on any atom is 0.305 e. The number of hydrogen-bond donors (Lipinski definition) is 3. The smallest absolute Gasteiger partial charge is 0.305 e. The van der Waals surface area contributed by atoms with Crippen LogP contribution in [0.4, 0.5) is 5.82 Å². The van der Waals surface area contributed by atoms with Crippen LogP contribution >= 0.6 is 11.6 Å². The summed E-state index contributed by atoms with van der Waals surface area (Å²) < 4.78 is 1.62. The van der Waals surface area contributed by atoms with Gasteiger partial charge in [0.2, 0.25) is 0 Å². The van der Waals surface area contributed by atoms with Crippen molar-refractivity contribution in [2.75, 3.05) is 4.90 Å². The quantitative estimate of drug-likeness (QED) is 0.411. The van der Waals surface area contributed by atoms with Crippen molar-refractivity contribution in [1.29, 1.82) is 0 Å². The first-order valence-electron chi connectivity index (χ1n) is 11.2. The zero-order valence-electron chi connectivity index (χ0n) is 17.9. The number of carbonyl (C=O) groups is 1. The molecule has 0 amide bonds. The predicted molar refractivity (Wildman–Crippen MR) is 126 cm³/mol. The normalized spacial score (nSPS) is 22.5. The van der Waals surface area contributed by atoms with Gasteiger partial charge in [-0.15, -0.1) is 0 Å². The van der Waals surface area contributed by atoms with E-state index in [9.17, 15) is 4.79 Å². The van der Waals surface area contributed by atoms with E-state index in [2.05, 4.69) is 15.0 Å². The molecule has 33 heavy (non-hydrogen) atoms. The van der Waals surface area contributed by atoms with Crippen molar-refractivity contribution >= 4 is 45.5 Å². The molecule has 4 aromatic rings. The molecule has 1 aromatic carbocycles. The number of nitrogens with zero attached hydrogens (tertiary/aromatic N) is 5. The third-order valence-electron chi connectivity index (χ3n) is 6.92. The Kier molecular flexibility index (Phi) is 4.77. The monoisotopic (exact) mass is 465 g/mol. The molecule has 2 bridgehead atoms. The summed E-state index contributed by atoms with van der Waals surface area (Å²) in [5, 5.41) is 14.7. The minimum absolute atomic E-state index is 0.00348. The Bertz CT molecular complexity index is 1370. The second-order valence-electron chi connectivity index (χ2n) is 9.05. The molecule has 0 aliphatic carbocycles. The Morgan fingerprint density at radius 1 is 1.24 bits per heavy atom. The lowest BCUT2D eigenvalue weighted by molar-refractivity contribution is -0.137. The molecule has 2 aliphatic heterocycles. The highest BCUT2D eigenvalue weighted by Crippen LogP contribution is 2.40. The molecule has 0 spiro atoms. The average Bonchev–Trinajstić information content (AvgIpc) is 3.47. The summed E-state index contributed by atoms with van der Waals surface area (Å²) in [6.45, 7) is 0.292. The molecule has 2 fully saturated rings. The van der Waals surface area contributed by atoms with E-state index in [1.54, 1.807) is 10.9 Å². The van der Waals surface area contributed by atoms with E-state index < -0.39 is 5.97 Å². The van der Waals surface area contributed by atoms with E-state index >= 15 is 0 Å².